The maximum atomic E-state index is 13.9. The summed E-state index contributed by atoms with van der Waals surface area (Å²) >= 11 is 0. The smallest absolute Gasteiger partial charge is 0.379 e. The number of rotatable bonds is 4. The van der Waals surface area contributed by atoms with Crippen LogP contribution in [0.5, 0.6) is 0 Å². The van der Waals surface area contributed by atoms with Gasteiger partial charge in [-0.25, -0.2) is 23.5 Å². The molecule has 3 aromatic rings. The zero-order valence-corrected chi connectivity index (χ0v) is 17.9. The van der Waals surface area contributed by atoms with Crippen molar-refractivity contribution in [2.45, 2.75) is 20.1 Å². The minimum absolute atomic E-state index is 0.0181. The normalized spacial score (nSPS) is 16.0. The number of furan rings is 1. The summed E-state index contributed by atoms with van der Waals surface area (Å²) in [5, 5.41) is 5.61. The summed E-state index contributed by atoms with van der Waals surface area (Å²) in [6, 6.07) is 1.48. The first-order chi connectivity index (χ1) is 16.2. The van der Waals surface area contributed by atoms with Crippen LogP contribution in [0.15, 0.2) is 28.9 Å². The van der Waals surface area contributed by atoms with E-state index >= 15 is 0 Å². The number of aromatic nitrogens is 2. The maximum Gasteiger partial charge on any atom is 0.379 e. The zero-order valence-electron chi connectivity index (χ0n) is 17.9. The molecule has 0 saturated carbocycles. The number of alkyl halides is 3. The standard InChI is InChI=1S/C20H19F2N5O3.CHF3/c1-11-14-2-12(21)3-15(22)17(14)30-16(11)6-25-19(28)26-13-4-23-18(24-5-13)27-7-20(8-27)9-29-10-20;2-1(3)4/h2-5H,6-10H2,1H3,(H2,25,26,28);1H. The van der Waals surface area contributed by atoms with Gasteiger partial charge in [-0.3, -0.25) is 0 Å². The predicted octanol–water partition coefficient (Wildman–Crippen LogP) is 4.15. The Morgan fingerprint density at radius 1 is 1.18 bits per heavy atom. The molecule has 2 aliphatic heterocycles. The van der Waals surface area contributed by atoms with Gasteiger partial charge >= 0.3 is 12.7 Å². The lowest BCUT2D eigenvalue weighted by molar-refractivity contribution is -0.127. The van der Waals surface area contributed by atoms with E-state index in [4.69, 9.17) is 9.15 Å². The summed E-state index contributed by atoms with van der Waals surface area (Å²) in [5.41, 5.74) is 1.24. The van der Waals surface area contributed by atoms with Crippen molar-refractivity contribution in [3.8, 4) is 0 Å². The molecule has 1 aromatic carbocycles. The summed E-state index contributed by atoms with van der Waals surface area (Å²) in [6.07, 6.45) is 3.07. The number of carbonyl (C=O) groups excluding carboxylic acids is 1. The molecule has 13 heteroatoms. The second-order valence-electron chi connectivity index (χ2n) is 8.09. The highest BCUT2D eigenvalue weighted by atomic mass is 19.4. The number of anilines is 2. The van der Waals surface area contributed by atoms with E-state index in [1.807, 2.05) is 0 Å². The molecule has 0 bridgehead atoms. The Labute approximate surface area is 190 Å². The van der Waals surface area contributed by atoms with Crippen LogP contribution in [0.1, 0.15) is 11.3 Å². The number of benzene rings is 1. The lowest BCUT2D eigenvalue weighted by Crippen LogP contribution is -2.66. The molecule has 2 fully saturated rings. The topological polar surface area (TPSA) is 92.5 Å². The number of hydrogen-bond acceptors (Lipinski definition) is 6. The van der Waals surface area contributed by atoms with Crippen LogP contribution in [0.4, 0.5) is 38.4 Å². The van der Waals surface area contributed by atoms with Gasteiger partial charge in [0.15, 0.2) is 11.4 Å². The molecule has 0 radical (unpaired) electrons. The highest BCUT2D eigenvalue weighted by Gasteiger charge is 2.49. The fourth-order valence-corrected chi connectivity index (χ4v) is 3.82. The molecule has 2 aliphatic rings. The van der Waals surface area contributed by atoms with Crippen molar-refractivity contribution in [1.82, 2.24) is 15.3 Å². The number of halogens is 5. The summed E-state index contributed by atoms with van der Waals surface area (Å²) in [7, 11) is 0. The van der Waals surface area contributed by atoms with Crippen LogP contribution in [-0.2, 0) is 11.3 Å². The van der Waals surface area contributed by atoms with E-state index in [0.717, 1.165) is 32.4 Å². The first kappa shape index (κ1) is 23.7. The van der Waals surface area contributed by atoms with Crippen molar-refractivity contribution in [3.63, 3.8) is 0 Å². The van der Waals surface area contributed by atoms with Gasteiger partial charge in [0.1, 0.15) is 11.6 Å². The minimum atomic E-state index is -3.67. The Balaban J connectivity index is 0.000000636. The van der Waals surface area contributed by atoms with Crippen LogP contribution >= 0.6 is 0 Å². The summed E-state index contributed by atoms with van der Waals surface area (Å²) < 4.78 is 67.0. The van der Waals surface area contributed by atoms with Crippen molar-refractivity contribution < 1.29 is 35.9 Å². The quantitative estimate of drug-likeness (QED) is 0.540. The van der Waals surface area contributed by atoms with Crippen LogP contribution in [-0.4, -0.2) is 49.0 Å². The molecule has 4 heterocycles. The lowest BCUT2D eigenvalue weighted by Gasteiger charge is -2.54. The van der Waals surface area contributed by atoms with Gasteiger partial charge in [0.25, 0.3) is 0 Å². The van der Waals surface area contributed by atoms with Crippen molar-refractivity contribution in [3.05, 3.63) is 47.5 Å². The molecule has 0 unspecified atom stereocenters. The van der Waals surface area contributed by atoms with Crippen molar-refractivity contribution in [2.24, 2.45) is 5.41 Å². The second-order valence-corrected chi connectivity index (χ2v) is 8.09. The molecule has 2 amide bonds. The van der Waals surface area contributed by atoms with Gasteiger partial charge in [-0.15, -0.1) is 0 Å². The maximum absolute atomic E-state index is 13.9. The van der Waals surface area contributed by atoms with Gasteiger partial charge in [0, 0.05) is 30.1 Å². The Morgan fingerprint density at radius 3 is 2.41 bits per heavy atom. The summed E-state index contributed by atoms with van der Waals surface area (Å²) in [6.45, 7) is 1.36. The van der Waals surface area contributed by atoms with Crippen LogP contribution < -0.4 is 15.5 Å². The number of amides is 2. The number of nitrogens with zero attached hydrogens (tertiary/aromatic N) is 3. The molecule has 1 spiro atoms. The largest absolute Gasteiger partial charge is 0.456 e. The van der Waals surface area contributed by atoms with Gasteiger partial charge in [-0.2, -0.15) is 13.2 Å². The predicted molar refractivity (Wildman–Crippen MR) is 111 cm³/mol. The molecule has 0 aliphatic carbocycles. The highest BCUT2D eigenvalue weighted by molar-refractivity contribution is 5.89. The average Bonchev–Trinajstić information content (AvgIpc) is 3.01. The molecule has 2 N–H and O–H groups in total. The lowest BCUT2D eigenvalue weighted by atomic mass is 9.78. The fourth-order valence-electron chi connectivity index (χ4n) is 3.82. The molecule has 0 atom stereocenters. The number of carbonyl (C=O) groups is 1. The Morgan fingerprint density at radius 2 is 1.82 bits per heavy atom. The van der Waals surface area contributed by atoms with Crippen LogP contribution in [0.25, 0.3) is 11.0 Å². The Kier molecular flexibility index (Phi) is 6.55. The monoisotopic (exact) mass is 485 g/mol. The third-order valence-electron chi connectivity index (χ3n) is 5.51. The van der Waals surface area contributed by atoms with E-state index in [1.54, 1.807) is 6.92 Å². The number of hydrogen-bond donors (Lipinski definition) is 2. The highest BCUT2D eigenvalue weighted by Crippen LogP contribution is 2.38. The van der Waals surface area contributed by atoms with Gasteiger partial charge in [-0.05, 0) is 13.0 Å². The third kappa shape index (κ3) is 5.03. The first-order valence-electron chi connectivity index (χ1n) is 10.1. The minimum Gasteiger partial charge on any atom is -0.456 e. The van der Waals surface area contributed by atoms with Gasteiger partial charge < -0.3 is 24.7 Å². The molecule has 34 heavy (non-hydrogen) atoms. The van der Waals surface area contributed by atoms with E-state index < -0.39 is 24.3 Å². The number of urea groups is 1. The van der Waals surface area contributed by atoms with E-state index in [9.17, 15) is 26.7 Å². The molecule has 8 nitrogen and oxygen atoms in total. The van der Waals surface area contributed by atoms with Gasteiger partial charge in [0.2, 0.25) is 5.95 Å². The molecule has 2 aromatic heterocycles. The molecule has 5 rings (SSSR count). The van der Waals surface area contributed by atoms with Gasteiger partial charge in [-0.1, -0.05) is 0 Å². The van der Waals surface area contributed by atoms with Crippen molar-refractivity contribution in [1.29, 1.82) is 0 Å². The van der Waals surface area contributed by atoms with E-state index in [2.05, 4.69) is 25.5 Å². The molecular formula is C21H20F5N5O3. The number of ether oxygens (including phenoxy) is 1. The van der Waals surface area contributed by atoms with Crippen molar-refractivity contribution >= 4 is 28.6 Å². The van der Waals surface area contributed by atoms with Crippen LogP contribution in [0.2, 0.25) is 0 Å². The third-order valence-corrected chi connectivity index (χ3v) is 5.51. The van der Waals surface area contributed by atoms with Crippen LogP contribution in [0.3, 0.4) is 0 Å². The zero-order chi connectivity index (χ0) is 24.5. The van der Waals surface area contributed by atoms with E-state index in [1.165, 1.54) is 18.5 Å². The fraction of sp³-hybridized carbons (Fsp3) is 0.381. The van der Waals surface area contributed by atoms with Crippen LogP contribution in [0, 0.1) is 24.0 Å². The van der Waals surface area contributed by atoms with Crippen molar-refractivity contribution in [2.75, 3.05) is 36.5 Å². The number of fused-ring (bicyclic) bond motifs is 1. The second kappa shape index (κ2) is 9.41. The summed E-state index contributed by atoms with van der Waals surface area (Å²) in [4.78, 5) is 22.8. The van der Waals surface area contributed by atoms with Gasteiger partial charge in [0.05, 0.1) is 43.3 Å². The first-order valence-corrected chi connectivity index (χ1v) is 10.1. The average molecular weight is 485 g/mol. The van der Waals surface area contributed by atoms with E-state index in [-0.39, 0.29) is 17.5 Å². The summed E-state index contributed by atoms with van der Waals surface area (Å²) in [5.74, 6) is -0.494. The Bertz CT molecular complexity index is 1170. The SMILES string of the molecule is Cc1c(CNC(=O)Nc2cnc(N3CC4(COC4)C3)nc2)oc2c(F)cc(F)cc12.FC(F)F. The number of aryl methyl sites for hydroxylation is 1. The van der Waals surface area contributed by atoms with E-state index in [0.29, 0.717) is 28.3 Å². The molecular weight excluding hydrogens is 465 g/mol. The number of nitrogens with one attached hydrogen (secondary N) is 2. The molecule has 182 valence electrons. The molecule has 2 saturated heterocycles. The Hall–Kier alpha value is -3.48.